The van der Waals surface area contributed by atoms with E-state index in [0.717, 1.165) is 19.3 Å². The first-order valence-corrected chi connectivity index (χ1v) is 8.29. The molecule has 0 spiro atoms. The Morgan fingerprint density at radius 1 is 1.30 bits per heavy atom. The van der Waals surface area contributed by atoms with Crippen LogP contribution < -0.4 is 0 Å². The Kier molecular flexibility index (Phi) is 11.2. The lowest BCUT2D eigenvalue weighted by molar-refractivity contribution is -0.133. The lowest BCUT2D eigenvalue weighted by Gasteiger charge is -2.19. The summed E-state index contributed by atoms with van der Waals surface area (Å²) in [7, 11) is 0. The van der Waals surface area contributed by atoms with Crippen LogP contribution in [0.1, 0.15) is 52.9 Å². The summed E-state index contributed by atoms with van der Waals surface area (Å²) in [4.78, 5) is 25.8. The quantitative estimate of drug-likeness (QED) is 0.423. The first-order valence-electron chi connectivity index (χ1n) is 8.29. The molecule has 23 heavy (non-hydrogen) atoms. The first kappa shape index (κ1) is 20.9. The van der Waals surface area contributed by atoms with Crippen molar-refractivity contribution in [1.82, 2.24) is 4.90 Å². The zero-order chi connectivity index (χ0) is 17.7. The van der Waals surface area contributed by atoms with E-state index in [0.29, 0.717) is 30.5 Å². The SMILES string of the molecule is C=C/C(=C\C/C=C(\C)C#N)C(=O)CN1CCCCCC1=O.CC. The zero-order valence-corrected chi connectivity index (χ0v) is 14.6. The molecule has 1 aliphatic heterocycles. The van der Waals surface area contributed by atoms with Crippen LogP contribution in [0.2, 0.25) is 0 Å². The fourth-order valence-electron chi connectivity index (χ4n) is 2.19. The predicted molar refractivity (Wildman–Crippen MR) is 93.7 cm³/mol. The van der Waals surface area contributed by atoms with Gasteiger partial charge in [-0.2, -0.15) is 5.26 Å². The van der Waals surface area contributed by atoms with Gasteiger partial charge in [0.15, 0.2) is 5.78 Å². The van der Waals surface area contributed by atoms with Crippen molar-refractivity contribution in [2.45, 2.75) is 52.9 Å². The predicted octanol–water partition coefficient (Wildman–Crippen LogP) is 3.96. The van der Waals surface area contributed by atoms with Crippen LogP contribution in [0.5, 0.6) is 0 Å². The van der Waals surface area contributed by atoms with Crippen LogP contribution in [0, 0.1) is 11.3 Å². The van der Waals surface area contributed by atoms with Gasteiger partial charge in [0.1, 0.15) is 0 Å². The van der Waals surface area contributed by atoms with Crippen LogP contribution in [0.15, 0.2) is 36.0 Å². The van der Waals surface area contributed by atoms with Gasteiger partial charge < -0.3 is 4.90 Å². The minimum absolute atomic E-state index is 0.0597. The van der Waals surface area contributed by atoms with Gasteiger partial charge in [0.25, 0.3) is 0 Å². The number of ketones is 1. The Hall–Kier alpha value is -2.15. The van der Waals surface area contributed by atoms with Gasteiger partial charge in [-0.15, -0.1) is 0 Å². The standard InChI is InChI=1S/C17H22N2O2.C2H6/c1-3-15(9-7-8-14(2)12-18)16(20)13-19-11-6-4-5-10-17(19)21;1-2/h3,8-9H,1,4-7,10-11,13H2,2H3;1-2H3/b14-8+,15-9+;. The van der Waals surface area contributed by atoms with E-state index < -0.39 is 0 Å². The van der Waals surface area contributed by atoms with Crippen molar-refractivity contribution >= 4 is 11.7 Å². The molecule has 126 valence electrons. The van der Waals surface area contributed by atoms with E-state index in [9.17, 15) is 9.59 Å². The van der Waals surface area contributed by atoms with Gasteiger partial charge in [-0.1, -0.05) is 45.1 Å². The molecule has 0 N–H and O–H groups in total. The molecule has 1 fully saturated rings. The Bertz CT molecular complexity index is 510. The van der Waals surface area contributed by atoms with Crippen molar-refractivity contribution in [1.29, 1.82) is 5.26 Å². The lowest BCUT2D eigenvalue weighted by atomic mass is 10.1. The van der Waals surface area contributed by atoms with Crippen LogP contribution in [0.3, 0.4) is 0 Å². The number of hydrogen-bond acceptors (Lipinski definition) is 3. The second-order valence-corrected chi connectivity index (χ2v) is 5.15. The molecule has 0 atom stereocenters. The molecule has 0 radical (unpaired) electrons. The number of Topliss-reactive ketones (excluding diaryl/α,β-unsaturated/α-hetero) is 1. The molecule has 0 unspecified atom stereocenters. The minimum atomic E-state index is -0.0942. The fraction of sp³-hybridized carbons (Fsp3) is 0.526. The fourth-order valence-corrected chi connectivity index (χ4v) is 2.19. The van der Waals surface area contributed by atoms with Gasteiger partial charge in [0.2, 0.25) is 5.91 Å². The number of carbonyl (C=O) groups is 2. The molecular formula is C19H28N2O2. The third kappa shape index (κ3) is 8.15. The van der Waals surface area contributed by atoms with Crippen LogP contribution >= 0.6 is 0 Å². The highest BCUT2D eigenvalue weighted by Gasteiger charge is 2.19. The molecule has 0 bridgehead atoms. The highest BCUT2D eigenvalue weighted by Crippen LogP contribution is 2.12. The molecule has 1 amide bonds. The largest absolute Gasteiger partial charge is 0.335 e. The Morgan fingerprint density at radius 2 is 2.00 bits per heavy atom. The summed E-state index contributed by atoms with van der Waals surface area (Å²) in [5, 5.41) is 8.67. The molecule has 0 aliphatic carbocycles. The maximum atomic E-state index is 12.2. The van der Waals surface area contributed by atoms with Crippen molar-refractivity contribution in [2.24, 2.45) is 0 Å². The van der Waals surface area contributed by atoms with E-state index in [4.69, 9.17) is 5.26 Å². The third-order valence-electron chi connectivity index (χ3n) is 3.49. The van der Waals surface area contributed by atoms with Crippen LogP contribution in [0.25, 0.3) is 0 Å². The number of nitriles is 1. The van der Waals surface area contributed by atoms with E-state index in [-0.39, 0.29) is 18.2 Å². The minimum Gasteiger partial charge on any atom is -0.335 e. The van der Waals surface area contributed by atoms with Gasteiger partial charge in [-0.25, -0.2) is 0 Å². The number of nitrogens with zero attached hydrogens (tertiary/aromatic N) is 2. The lowest BCUT2D eigenvalue weighted by Crippen LogP contribution is -2.35. The molecule has 4 nitrogen and oxygen atoms in total. The van der Waals surface area contributed by atoms with Gasteiger partial charge in [-0.3, -0.25) is 9.59 Å². The maximum absolute atomic E-state index is 12.2. The normalized spacial score (nSPS) is 15.9. The molecular weight excluding hydrogens is 288 g/mol. The Labute approximate surface area is 140 Å². The summed E-state index contributed by atoms with van der Waals surface area (Å²) in [5.74, 6) is -0.0345. The van der Waals surface area contributed by atoms with Gasteiger partial charge >= 0.3 is 0 Å². The Morgan fingerprint density at radius 3 is 2.61 bits per heavy atom. The first-order chi connectivity index (χ1) is 11.1. The molecule has 4 heteroatoms. The summed E-state index contributed by atoms with van der Waals surface area (Å²) >= 11 is 0. The number of amides is 1. The second kappa shape index (κ2) is 12.4. The molecule has 1 saturated heterocycles. The van der Waals surface area contributed by atoms with E-state index in [1.807, 2.05) is 19.9 Å². The highest BCUT2D eigenvalue weighted by molar-refractivity contribution is 6.00. The third-order valence-corrected chi connectivity index (χ3v) is 3.49. The summed E-state index contributed by atoms with van der Waals surface area (Å²) in [6.07, 6.45) is 8.97. The van der Waals surface area contributed by atoms with E-state index in [1.54, 1.807) is 24.0 Å². The summed E-state index contributed by atoms with van der Waals surface area (Å²) in [6, 6.07) is 2.03. The van der Waals surface area contributed by atoms with Crippen molar-refractivity contribution in [2.75, 3.05) is 13.1 Å². The van der Waals surface area contributed by atoms with Crippen molar-refractivity contribution in [3.05, 3.63) is 36.0 Å². The highest BCUT2D eigenvalue weighted by atomic mass is 16.2. The monoisotopic (exact) mass is 316 g/mol. The van der Waals surface area contributed by atoms with Crippen molar-refractivity contribution in [3.63, 3.8) is 0 Å². The van der Waals surface area contributed by atoms with E-state index in [2.05, 4.69) is 6.58 Å². The molecule has 1 aliphatic rings. The van der Waals surface area contributed by atoms with Crippen LogP contribution in [-0.2, 0) is 9.59 Å². The Balaban J connectivity index is 0.00000232. The average molecular weight is 316 g/mol. The number of rotatable bonds is 6. The number of hydrogen-bond donors (Lipinski definition) is 0. The van der Waals surface area contributed by atoms with Gasteiger partial charge in [0, 0.05) is 24.1 Å². The van der Waals surface area contributed by atoms with E-state index >= 15 is 0 Å². The average Bonchev–Trinajstić information content (AvgIpc) is 2.77. The topological polar surface area (TPSA) is 61.2 Å². The smallest absolute Gasteiger partial charge is 0.222 e. The second-order valence-electron chi connectivity index (χ2n) is 5.15. The molecule has 1 rings (SSSR count). The zero-order valence-electron chi connectivity index (χ0n) is 14.6. The molecule has 0 aromatic heterocycles. The number of carbonyl (C=O) groups excluding carboxylic acids is 2. The van der Waals surface area contributed by atoms with E-state index in [1.165, 1.54) is 6.08 Å². The summed E-state index contributed by atoms with van der Waals surface area (Å²) in [5.41, 5.74) is 1.12. The maximum Gasteiger partial charge on any atom is 0.222 e. The summed E-state index contributed by atoms with van der Waals surface area (Å²) < 4.78 is 0. The number of likely N-dealkylation sites (tertiary alicyclic amines) is 1. The molecule has 1 heterocycles. The van der Waals surface area contributed by atoms with Crippen molar-refractivity contribution in [3.8, 4) is 6.07 Å². The summed E-state index contributed by atoms with van der Waals surface area (Å²) in [6.45, 7) is 10.2. The van der Waals surface area contributed by atoms with Crippen molar-refractivity contribution < 1.29 is 9.59 Å². The molecule has 0 aromatic rings. The number of allylic oxidation sites excluding steroid dienone is 4. The van der Waals surface area contributed by atoms with Gasteiger partial charge in [-0.05, 0) is 26.2 Å². The molecule has 0 saturated carbocycles. The molecule has 0 aromatic carbocycles. The van der Waals surface area contributed by atoms with Crippen LogP contribution in [0.4, 0.5) is 0 Å². The van der Waals surface area contributed by atoms with Crippen LogP contribution in [-0.4, -0.2) is 29.7 Å². The van der Waals surface area contributed by atoms with Gasteiger partial charge in [0.05, 0.1) is 12.6 Å².